The van der Waals surface area contributed by atoms with Crippen molar-refractivity contribution in [2.75, 3.05) is 0 Å². The lowest BCUT2D eigenvalue weighted by Crippen LogP contribution is -2.65. The SMILES string of the molecule is C=C1C[C@]23C[C@@]1(O)CC[C@H]2[C@]1(C(=O)O)C[C@H](O)[C@H](O)[C@@](C)(C(=O)O)[C@H]1[C@@H]3C(=O)O. The first-order chi connectivity index (χ1) is 13.3. The van der Waals surface area contributed by atoms with E-state index in [1.165, 1.54) is 0 Å². The monoisotopic (exact) mass is 410 g/mol. The van der Waals surface area contributed by atoms with Gasteiger partial charge in [0.25, 0.3) is 0 Å². The fourth-order valence-corrected chi connectivity index (χ4v) is 7.74. The van der Waals surface area contributed by atoms with Crippen molar-refractivity contribution < 1.29 is 45.0 Å². The molecule has 9 heteroatoms. The molecular formula is C20H26O9. The van der Waals surface area contributed by atoms with Crippen LogP contribution >= 0.6 is 0 Å². The molecule has 9 atom stereocenters. The van der Waals surface area contributed by atoms with Crippen LogP contribution < -0.4 is 0 Å². The Morgan fingerprint density at radius 2 is 1.72 bits per heavy atom. The molecule has 0 aromatic carbocycles. The number of aliphatic hydroxyl groups excluding tert-OH is 2. The summed E-state index contributed by atoms with van der Waals surface area (Å²) in [4.78, 5) is 37.6. The third kappa shape index (κ3) is 2.03. The van der Waals surface area contributed by atoms with Crippen LogP contribution in [0, 0.1) is 34.0 Å². The van der Waals surface area contributed by atoms with Crippen LogP contribution in [0.3, 0.4) is 0 Å². The average Bonchev–Trinajstić information content (AvgIpc) is 2.97. The fraction of sp³-hybridized carbons (Fsp3) is 0.750. The van der Waals surface area contributed by atoms with E-state index in [0.717, 1.165) is 6.92 Å². The van der Waals surface area contributed by atoms with Crippen molar-refractivity contribution in [3.05, 3.63) is 12.2 Å². The molecule has 4 aliphatic carbocycles. The van der Waals surface area contributed by atoms with Crippen LogP contribution in [0.1, 0.15) is 39.0 Å². The van der Waals surface area contributed by atoms with E-state index in [-0.39, 0.29) is 25.7 Å². The van der Waals surface area contributed by atoms with Gasteiger partial charge >= 0.3 is 17.9 Å². The third-order valence-electron chi connectivity index (χ3n) is 8.79. The normalized spacial score (nSPS) is 53.2. The molecule has 0 unspecified atom stereocenters. The summed E-state index contributed by atoms with van der Waals surface area (Å²) in [5.74, 6) is -7.90. The van der Waals surface area contributed by atoms with Gasteiger partial charge in [0.15, 0.2) is 0 Å². The highest BCUT2D eigenvalue weighted by atomic mass is 16.4. The summed E-state index contributed by atoms with van der Waals surface area (Å²) < 4.78 is 0. The summed E-state index contributed by atoms with van der Waals surface area (Å²) in [6.07, 6.45) is -3.42. The molecule has 160 valence electrons. The minimum absolute atomic E-state index is 0.00607. The number of carbonyl (C=O) groups is 3. The molecule has 29 heavy (non-hydrogen) atoms. The molecule has 0 amide bonds. The molecule has 0 aliphatic heterocycles. The number of carboxylic acids is 3. The van der Waals surface area contributed by atoms with E-state index in [4.69, 9.17) is 0 Å². The maximum atomic E-state index is 12.7. The van der Waals surface area contributed by atoms with Gasteiger partial charge in [-0.2, -0.15) is 0 Å². The predicted molar refractivity (Wildman–Crippen MR) is 95.5 cm³/mol. The molecule has 9 nitrogen and oxygen atoms in total. The Bertz CT molecular complexity index is 838. The van der Waals surface area contributed by atoms with Gasteiger partial charge in [0.2, 0.25) is 0 Å². The molecule has 0 heterocycles. The van der Waals surface area contributed by atoms with Gasteiger partial charge < -0.3 is 30.6 Å². The fourth-order valence-electron chi connectivity index (χ4n) is 7.74. The van der Waals surface area contributed by atoms with Gasteiger partial charge in [-0.25, -0.2) is 0 Å². The topological polar surface area (TPSA) is 173 Å². The number of aliphatic carboxylic acids is 3. The van der Waals surface area contributed by atoms with Gasteiger partial charge in [-0.1, -0.05) is 6.58 Å². The van der Waals surface area contributed by atoms with Crippen molar-refractivity contribution in [3.8, 4) is 0 Å². The zero-order chi connectivity index (χ0) is 21.7. The van der Waals surface area contributed by atoms with E-state index in [1.807, 2.05) is 0 Å². The maximum absolute atomic E-state index is 12.7. The summed E-state index contributed by atoms with van der Waals surface area (Å²) in [6, 6.07) is 0. The lowest BCUT2D eigenvalue weighted by atomic mass is 9.50. The summed E-state index contributed by atoms with van der Waals surface area (Å²) in [6.45, 7) is 5.03. The minimum atomic E-state index is -2.19. The van der Waals surface area contributed by atoms with Crippen LogP contribution in [0.5, 0.6) is 0 Å². The Labute approximate surface area is 166 Å². The van der Waals surface area contributed by atoms with Crippen LogP contribution in [0.25, 0.3) is 0 Å². The molecule has 6 N–H and O–H groups in total. The second-order valence-corrected chi connectivity index (χ2v) is 9.76. The summed E-state index contributed by atoms with van der Waals surface area (Å²) in [7, 11) is 0. The number of hydrogen-bond donors (Lipinski definition) is 6. The van der Waals surface area contributed by atoms with E-state index < -0.39 is 76.1 Å². The number of fused-ring (bicyclic) bond motifs is 3. The Morgan fingerprint density at radius 1 is 1.10 bits per heavy atom. The summed E-state index contributed by atoms with van der Waals surface area (Å²) in [5, 5.41) is 62.7. The lowest BCUT2D eigenvalue weighted by molar-refractivity contribution is -0.211. The van der Waals surface area contributed by atoms with Crippen molar-refractivity contribution in [1.82, 2.24) is 0 Å². The number of rotatable bonds is 3. The molecule has 1 spiro atoms. The van der Waals surface area contributed by atoms with E-state index in [1.54, 1.807) is 0 Å². The van der Waals surface area contributed by atoms with Crippen LogP contribution in [0.4, 0.5) is 0 Å². The molecule has 4 rings (SSSR count). The molecule has 0 aromatic rings. The number of aliphatic hydroxyl groups is 3. The smallest absolute Gasteiger partial charge is 0.312 e. The quantitative estimate of drug-likeness (QED) is 0.352. The van der Waals surface area contributed by atoms with Gasteiger partial charge in [-0.3, -0.25) is 14.4 Å². The summed E-state index contributed by atoms with van der Waals surface area (Å²) >= 11 is 0. The second-order valence-electron chi connectivity index (χ2n) is 9.76. The van der Waals surface area contributed by atoms with Crippen LogP contribution in [-0.2, 0) is 14.4 Å². The van der Waals surface area contributed by atoms with E-state index >= 15 is 0 Å². The third-order valence-corrected chi connectivity index (χ3v) is 8.79. The number of carboxylic acid groups (broad SMARTS) is 3. The lowest BCUT2D eigenvalue weighted by Gasteiger charge is -2.53. The van der Waals surface area contributed by atoms with Gasteiger partial charge in [-0.15, -0.1) is 0 Å². The standard InChI is InChI=1S/C20H26O9/c1-8-5-18-7-19(8,29)4-3-10(18)20(16(27)28)6-9(21)13(22)17(2,15(25)26)12(20)11(18)14(23)24/h9-13,21-22,29H,1,3-7H2,2H3,(H,23,24)(H,25,26)(H,27,28)/t9-,10+,11+,12+,13-,17-,18-,19-,20+/m0/s1. The first kappa shape index (κ1) is 20.3. The molecule has 4 fully saturated rings. The maximum Gasteiger partial charge on any atom is 0.312 e. The molecular weight excluding hydrogens is 384 g/mol. The van der Waals surface area contributed by atoms with Gasteiger partial charge in [0, 0.05) is 5.92 Å². The van der Waals surface area contributed by atoms with Crippen molar-refractivity contribution in [2.45, 2.75) is 56.8 Å². The molecule has 4 aliphatic rings. The molecule has 0 saturated heterocycles. The molecule has 0 radical (unpaired) electrons. The minimum Gasteiger partial charge on any atom is -0.481 e. The van der Waals surface area contributed by atoms with Crippen molar-refractivity contribution in [2.24, 2.45) is 34.0 Å². The average molecular weight is 410 g/mol. The molecule has 0 aromatic heterocycles. The first-order valence-electron chi connectivity index (χ1n) is 9.75. The largest absolute Gasteiger partial charge is 0.481 e. The van der Waals surface area contributed by atoms with Crippen molar-refractivity contribution in [1.29, 1.82) is 0 Å². The highest BCUT2D eigenvalue weighted by Gasteiger charge is 2.82. The number of hydrogen-bond acceptors (Lipinski definition) is 6. The predicted octanol–water partition coefficient (Wildman–Crippen LogP) is 0.0819. The van der Waals surface area contributed by atoms with Crippen LogP contribution in [-0.4, -0.2) is 66.4 Å². The Balaban J connectivity index is 2.05. The van der Waals surface area contributed by atoms with E-state index in [2.05, 4.69) is 6.58 Å². The second kappa shape index (κ2) is 5.59. The van der Waals surface area contributed by atoms with Gasteiger partial charge in [0.1, 0.15) is 0 Å². The van der Waals surface area contributed by atoms with Crippen molar-refractivity contribution >= 4 is 17.9 Å². The van der Waals surface area contributed by atoms with E-state index in [9.17, 15) is 45.0 Å². The van der Waals surface area contributed by atoms with Crippen LogP contribution in [0.2, 0.25) is 0 Å². The Hall–Kier alpha value is -1.97. The Morgan fingerprint density at radius 3 is 2.24 bits per heavy atom. The summed E-state index contributed by atoms with van der Waals surface area (Å²) in [5.41, 5.74) is -6.11. The first-order valence-corrected chi connectivity index (χ1v) is 9.75. The van der Waals surface area contributed by atoms with Crippen molar-refractivity contribution in [3.63, 3.8) is 0 Å². The van der Waals surface area contributed by atoms with Gasteiger partial charge in [-0.05, 0) is 55.9 Å². The highest BCUT2D eigenvalue weighted by Crippen LogP contribution is 2.78. The molecule has 4 saturated carbocycles. The zero-order valence-electron chi connectivity index (χ0n) is 16.0. The Kier molecular flexibility index (Phi) is 3.91. The highest BCUT2D eigenvalue weighted by molar-refractivity contribution is 5.86. The zero-order valence-corrected chi connectivity index (χ0v) is 16.0. The van der Waals surface area contributed by atoms with E-state index in [0.29, 0.717) is 5.57 Å². The van der Waals surface area contributed by atoms with Crippen LogP contribution in [0.15, 0.2) is 12.2 Å². The molecule has 2 bridgehead atoms. The van der Waals surface area contributed by atoms with Gasteiger partial charge in [0.05, 0.1) is 34.6 Å².